The van der Waals surface area contributed by atoms with Crippen molar-refractivity contribution in [1.29, 1.82) is 0 Å². The number of para-hydroxylation sites is 2. The summed E-state index contributed by atoms with van der Waals surface area (Å²) in [5.74, 6) is 2.52. The molecule has 0 bridgehead atoms. The molecule has 0 fully saturated rings. The van der Waals surface area contributed by atoms with E-state index in [0.29, 0.717) is 51.4 Å². The Morgan fingerprint density at radius 3 is 1.29 bits per heavy atom. The Morgan fingerprint density at radius 2 is 0.918 bits per heavy atom. The van der Waals surface area contributed by atoms with Crippen molar-refractivity contribution in [1.82, 2.24) is 0 Å². The molecule has 0 amide bonds. The minimum Gasteiger partial charge on any atom is -0.491 e. The van der Waals surface area contributed by atoms with E-state index in [-0.39, 0.29) is 12.2 Å². The van der Waals surface area contributed by atoms with Gasteiger partial charge in [-0.25, -0.2) is 0 Å². The molecule has 0 aromatic heterocycles. The van der Waals surface area contributed by atoms with Crippen LogP contribution in [-0.2, 0) is 25.4 Å². The summed E-state index contributed by atoms with van der Waals surface area (Å²) in [5.41, 5.74) is 4.30. The highest BCUT2D eigenvalue weighted by atomic mass is 16.6. The third kappa shape index (κ3) is 14.1. The lowest BCUT2D eigenvalue weighted by molar-refractivity contribution is -0.0129. The lowest BCUT2D eigenvalue weighted by Crippen LogP contribution is -2.29. The molecule has 8 heteroatoms. The van der Waals surface area contributed by atoms with E-state index in [9.17, 15) is 0 Å². The van der Waals surface area contributed by atoms with E-state index in [0.717, 1.165) is 29.3 Å². The molecule has 2 unspecified atom stereocenters. The maximum absolute atomic E-state index is 6.03. The van der Waals surface area contributed by atoms with Crippen LogP contribution in [0.4, 0.5) is 11.4 Å². The van der Waals surface area contributed by atoms with Gasteiger partial charge in [0.05, 0.1) is 0 Å². The van der Waals surface area contributed by atoms with E-state index in [1.807, 2.05) is 84.9 Å². The van der Waals surface area contributed by atoms with E-state index < -0.39 is 0 Å². The normalized spacial score (nSPS) is 11.8. The zero-order valence-corrected chi connectivity index (χ0v) is 27.9. The summed E-state index contributed by atoms with van der Waals surface area (Å²) in [7, 11) is 0. The van der Waals surface area contributed by atoms with Crippen LogP contribution in [0.3, 0.4) is 0 Å². The molecule has 0 heterocycles. The first-order chi connectivity index (χ1) is 24.0. The summed E-state index contributed by atoms with van der Waals surface area (Å²) in [6, 6.07) is 35.8. The number of benzene rings is 4. The molecule has 0 spiro atoms. The van der Waals surface area contributed by atoms with Gasteiger partial charge in [-0.1, -0.05) is 87.0 Å². The monoisotopic (exact) mass is 662 g/mol. The van der Waals surface area contributed by atoms with E-state index in [1.165, 1.54) is 11.1 Å². The van der Waals surface area contributed by atoms with E-state index in [4.69, 9.17) is 28.4 Å². The van der Waals surface area contributed by atoms with Gasteiger partial charge in [0.15, 0.2) is 0 Å². The minimum atomic E-state index is -0.306. The quantitative estimate of drug-likeness (QED) is 0.0440. The molecule has 0 aliphatic heterocycles. The van der Waals surface area contributed by atoms with Gasteiger partial charge in [-0.05, 0) is 78.2 Å². The lowest BCUT2D eigenvalue weighted by atomic mass is 10.0. The fourth-order valence-corrected chi connectivity index (χ4v) is 4.42. The van der Waals surface area contributed by atoms with Crippen molar-refractivity contribution in [2.45, 2.75) is 18.6 Å². The predicted octanol–water partition coefficient (Wildman–Crippen LogP) is 8.38. The van der Waals surface area contributed by atoms with Gasteiger partial charge < -0.3 is 39.1 Å². The molecule has 4 aromatic carbocycles. The summed E-state index contributed by atoms with van der Waals surface area (Å²) in [4.78, 5) is 0. The summed E-state index contributed by atoms with van der Waals surface area (Å²) in [6.45, 7) is 16.8. The van der Waals surface area contributed by atoms with Crippen molar-refractivity contribution < 1.29 is 28.4 Å². The van der Waals surface area contributed by atoms with Gasteiger partial charge in [-0.3, -0.25) is 0 Å². The molecule has 49 heavy (non-hydrogen) atoms. The van der Waals surface area contributed by atoms with Crippen molar-refractivity contribution in [3.8, 4) is 11.5 Å². The molecule has 0 saturated heterocycles. The van der Waals surface area contributed by atoms with Gasteiger partial charge in [0.25, 0.3) is 0 Å². The van der Waals surface area contributed by atoms with Crippen molar-refractivity contribution in [3.05, 3.63) is 170 Å². The molecule has 2 N–H and O–H groups in total. The van der Waals surface area contributed by atoms with Crippen LogP contribution in [-0.4, -0.2) is 52.1 Å². The lowest BCUT2D eigenvalue weighted by Gasteiger charge is -2.20. The summed E-state index contributed by atoms with van der Waals surface area (Å²) < 4.78 is 35.1. The van der Waals surface area contributed by atoms with Crippen molar-refractivity contribution in [3.63, 3.8) is 0 Å². The fraction of sp³-hybridized carbons (Fsp3) is 0.220. The van der Waals surface area contributed by atoms with Crippen LogP contribution in [0.5, 0.6) is 11.5 Å². The van der Waals surface area contributed by atoms with E-state index in [2.05, 4.69) is 61.2 Å². The van der Waals surface area contributed by atoms with Gasteiger partial charge in [0, 0.05) is 11.4 Å². The number of ether oxygens (including phenoxy) is 6. The number of anilines is 2. The summed E-state index contributed by atoms with van der Waals surface area (Å²) >= 11 is 0. The number of hydrogen-bond donors (Lipinski definition) is 2. The topological polar surface area (TPSA) is 79.4 Å². The van der Waals surface area contributed by atoms with Crippen LogP contribution in [0, 0.1) is 0 Å². The molecule has 4 rings (SSSR count). The molecule has 2 atom stereocenters. The van der Waals surface area contributed by atoms with Gasteiger partial charge in [-0.15, -0.1) is 0 Å². The number of allylic oxidation sites excluding steroid dienone is 2. The Morgan fingerprint density at radius 1 is 0.531 bits per heavy atom. The van der Waals surface area contributed by atoms with E-state index >= 15 is 0 Å². The summed E-state index contributed by atoms with van der Waals surface area (Å²) in [5, 5.41) is 6.63. The van der Waals surface area contributed by atoms with Gasteiger partial charge in [0.2, 0.25) is 0 Å². The Kier molecular flexibility index (Phi) is 15.4. The first-order valence-electron chi connectivity index (χ1n) is 16.1. The summed E-state index contributed by atoms with van der Waals surface area (Å²) in [6.07, 6.45) is 3.33. The zero-order chi connectivity index (χ0) is 34.5. The maximum Gasteiger partial charge on any atom is 0.128 e. The third-order valence-corrected chi connectivity index (χ3v) is 7.23. The molecule has 4 aromatic rings. The van der Waals surface area contributed by atoms with Crippen LogP contribution in [0.2, 0.25) is 0 Å². The maximum atomic E-state index is 6.03. The number of rotatable bonds is 24. The second-order valence-electron chi connectivity index (χ2n) is 11.0. The molecule has 0 aliphatic carbocycles. The van der Waals surface area contributed by atoms with Gasteiger partial charge in [-0.2, -0.15) is 0 Å². The Balaban J connectivity index is 1.19. The Labute approximate surface area is 290 Å². The zero-order valence-electron chi connectivity index (χ0n) is 27.9. The van der Waals surface area contributed by atoms with Crippen LogP contribution < -0.4 is 20.1 Å². The molecule has 0 radical (unpaired) electrons. The van der Waals surface area contributed by atoms with Crippen molar-refractivity contribution >= 4 is 11.4 Å². The van der Waals surface area contributed by atoms with Crippen LogP contribution in [0.15, 0.2) is 159 Å². The molecule has 0 aliphatic rings. The predicted molar refractivity (Wildman–Crippen MR) is 197 cm³/mol. The smallest absolute Gasteiger partial charge is 0.128 e. The van der Waals surface area contributed by atoms with Crippen molar-refractivity contribution in [2.75, 3.05) is 50.5 Å². The van der Waals surface area contributed by atoms with Crippen LogP contribution in [0.25, 0.3) is 0 Å². The first-order valence-corrected chi connectivity index (χ1v) is 16.1. The minimum absolute atomic E-state index is 0.294. The number of hydrogen-bond acceptors (Lipinski definition) is 8. The largest absolute Gasteiger partial charge is 0.491 e. The highest BCUT2D eigenvalue weighted by molar-refractivity contribution is 5.47. The average Bonchev–Trinajstić information content (AvgIpc) is 3.15. The molecule has 0 saturated carbocycles. The van der Waals surface area contributed by atoms with E-state index in [1.54, 1.807) is 12.2 Å². The Bertz CT molecular complexity index is 1440. The standard InChI is InChI=1S/C41H46N2O6/c1-5-32(3)44-26-40(28-46-38-13-9-7-10-14-38)48-30-42-36-21-17-34(18-22-36)25-35-19-23-37(24-20-35)43-31-49-41(27-45-33(4)6-2)29-47-39-15-11-8-12-16-39/h5-24,40-43H,1-4,25-31H2. The van der Waals surface area contributed by atoms with Crippen molar-refractivity contribution in [2.24, 2.45) is 0 Å². The Hall–Kier alpha value is -5.44. The van der Waals surface area contributed by atoms with Gasteiger partial charge in [0.1, 0.15) is 75.1 Å². The second kappa shape index (κ2) is 20.7. The SMILES string of the molecule is C=CC(=C)OCC(COc1ccccc1)OCNc1ccc(Cc2ccc(NCOC(COC(=C)C=C)COc3ccccc3)cc2)cc1. The highest BCUT2D eigenvalue weighted by Crippen LogP contribution is 2.17. The molecular formula is C41H46N2O6. The third-order valence-electron chi connectivity index (χ3n) is 7.23. The average molecular weight is 663 g/mol. The van der Waals surface area contributed by atoms with Crippen LogP contribution in [0.1, 0.15) is 11.1 Å². The number of nitrogens with one attached hydrogen (secondary N) is 2. The highest BCUT2D eigenvalue weighted by Gasteiger charge is 2.13. The molecule has 8 nitrogen and oxygen atoms in total. The van der Waals surface area contributed by atoms with Crippen LogP contribution >= 0.6 is 0 Å². The fourth-order valence-electron chi connectivity index (χ4n) is 4.42. The van der Waals surface area contributed by atoms with Gasteiger partial charge >= 0.3 is 0 Å². The molecular weight excluding hydrogens is 616 g/mol. The molecule has 256 valence electrons. The first kappa shape index (κ1) is 36.4. The second-order valence-corrected chi connectivity index (χ2v) is 11.0.